The van der Waals surface area contributed by atoms with Crippen molar-refractivity contribution >= 4 is 39.3 Å². The predicted octanol–water partition coefficient (Wildman–Crippen LogP) is 1.48. The summed E-state index contributed by atoms with van der Waals surface area (Å²) >= 11 is 6.14. The molecule has 1 unspecified atom stereocenters. The van der Waals surface area contributed by atoms with Gasteiger partial charge in [0.05, 0.1) is 11.7 Å². The zero-order chi connectivity index (χ0) is 31.4. The van der Waals surface area contributed by atoms with E-state index in [0.29, 0.717) is 36.5 Å². The van der Waals surface area contributed by atoms with E-state index in [4.69, 9.17) is 23.1 Å². The summed E-state index contributed by atoms with van der Waals surface area (Å²) in [7, 11) is -4.05. The van der Waals surface area contributed by atoms with Crippen LogP contribution in [0.25, 0.3) is 0 Å². The summed E-state index contributed by atoms with van der Waals surface area (Å²) in [6, 6.07) is 12.7. The Hall–Kier alpha value is -3.03. The van der Waals surface area contributed by atoms with E-state index >= 15 is 0 Å². The molecule has 1 saturated heterocycles. The number of sulfonamides is 1. The van der Waals surface area contributed by atoms with Gasteiger partial charge in [0.1, 0.15) is 11.6 Å². The molecule has 234 valence electrons. The van der Waals surface area contributed by atoms with E-state index < -0.39 is 39.3 Å². The highest BCUT2D eigenvalue weighted by Crippen LogP contribution is 2.47. The molecule has 0 bridgehead atoms. The molecule has 0 spiro atoms. The summed E-state index contributed by atoms with van der Waals surface area (Å²) in [4.78, 5) is 44.1. The summed E-state index contributed by atoms with van der Waals surface area (Å²) < 4.78 is 29.4. The highest BCUT2D eigenvalue weighted by molar-refractivity contribution is 7.88. The quantitative estimate of drug-likeness (QED) is 0.259. The van der Waals surface area contributed by atoms with Crippen molar-refractivity contribution in [2.75, 3.05) is 19.6 Å². The molecular formula is C30H41ClN6O5S. The van der Waals surface area contributed by atoms with Crippen LogP contribution in [0.3, 0.4) is 0 Å². The van der Waals surface area contributed by atoms with E-state index in [0.717, 1.165) is 11.1 Å². The van der Waals surface area contributed by atoms with E-state index in [9.17, 15) is 22.8 Å². The Kier molecular flexibility index (Phi) is 10.5. The molecule has 0 radical (unpaired) electrons. The molecule has 1 aliphatic carbocycles. The van der Waals surface area contributed by atoms with Crippen LogP contribution >= 0.6 is 11.6 Å². The lowest BCUT2D eigenvalue weighted by Crippen LogP contribution is -2.58. The first-order chi connectivity index (χ1) is 20.4. The lowest BCUT2D eigenvalue weighted by atomic mass is 10.1. The van der Waals surface area contributed by atoms with Crippen LogP contribution in [-0.2, 0) is 43.2 Å². The highest BCUT2D eigenvalue weighted by atomic mass is 35.5. The number of amides is 3. The Morgan fingerprint density at radius 2 is 1.88 bits per heavy atom. The molecule has 4 rings (SSSR count). The Balaban J connectivity index is 1.57. The molecule has 1 heterocycles. The number of hydrogen-bond acceptors (Lipinski definition) is 7. The van der Waals surface area contributed by atoms with Crippen LogP contribution in [0.4, 0.5) is 0 Å². The lowest BCUT2D eigenvalue weighted by Gasteiger charge is -2.33. The molecule has 1 saturated carbocycles. The molecule has 11 nitrogen and oxygen atoms in total. The van der Waals surface area contributed by atoms with Crippen molar-refractivity contribution in [2.45, 2.75) is 69.6 Å². The number of benzene rings is 2. The first-order valence-electron chi connectivity index (χ1n) is 14.6. The fraction of sp³-hybridized carbons (Fsp3) is 0.500. The summed E-state index contributed by atoms with van der Waals surface area (Å²) in [5, 5.41) is 3.36. The van der Waals surface area contributed by atoms with Crippen molar-refractivity contribution in [1.29, 1.82) is 0 Å². The molecule has 6 N–H and O–H groups in total. The van der Waals surface area contributed by atoms with Crippen LogP contribution in [0.1, 0.15) is 49.8 Å². The zero-order valence-corrected chi connectivity index (χ0v) is 26.2. The zero-order valence-electron chi connectivity index (χ0n) is 24.6. The minimum Gasteiger partial charge on any atom is -0.350 e. The molecule has 43 heavy (non-hydrogen) atoms. The molecule has 0 aromatic heterocycles. The lowest BCUT2D eigenvalue weighted by molar-refractivity contribution is -0.144. The van der Waals surface area contributed by atoms with E-state index in [2.05, 4.69) is 10.0 Å². The van der Waals surface area contributed by atoms with Crippen molar-refractivity contribution < 1.29 is 22.8 Å². The van der Waals surface area contributed by atoms with Crippen molar-refractivity contribution in [3.8, 4) is 0 Å². The molecule has 4 atom stereocenters. The summed E-state index contributed by atoms with van der Waals surface area (Å²) in [6.45, 7) is 4.85. The number of carbonyl (C=O) groups is 3. The van der Waals surface area contributed by atoms with E-state index in [1.54, 1.807) is 60.4 Å². The fourth-order valence-electron chi connectivity index (χ4n) is 5.67. The second-order valence-corrected chi connectivity index (χ2v) is 13.6. The van der Waals surface area contributed by atoms with Crippen LogP contribution < -0.4 is 21.5 Å². The first-order valence-corrected chi connectivity index (χ1v) is 16.6. The Morgan fingerprint density at radius 3 is 2.51 bits per heavy atom. The Bertz CT molecular complexity index is 1440. The van der Waals surface area contributed by atoms with Crippen molar-refractivity contribution in [3.05, 3.63) is 70.2 Å². The molecule has 1 aliphatic heterocycles. The molecule has 13 heteroatoms. The summed E-state index contributed by atoms with van der Waals surface area (Å²) in [5.74, 6) is -2.59. The monoisotopic (exact) mass is 632 g/mol. The molecule has 2 fully saturated rings. The minimum atomic E-state index is -4.05. The number of nitrogens with two attached hydrogens (primary N) is 2. The number of likely N-dealkylation sites (tertiary alicyclic amines) is 1. The van der Waals surface area contributed by atoms with Gasteiger partial charge in [-0.3, -0.25) is 14.4 Å². The minimum absolute atomic E-state index is 0.00134. The Labute approximate surface area is 258 Å². The second kappa shape index (κ2) is 13.7. The fourth-order valence-corrected chi connectivity index (χ4v) is 7.43. The standard InChI is InChI=1S/C30H41ClN6O5S/c1-3-12-37(20(2)27(38)34-17-23-14-24(31)10-9-22(23)16-32)29(40)30(15-26(30)28(39)36-13-11-25(33)18-36)35-43(41,42)19-21-7-5-4-6-8-21/h4-10,14,20,25-26,35H,3,11-13,15-19,32-33H2,1-2H3,(H,34,38)/t20-,25-,26+,30?/m0/s1. The number of rotatable bonds is 13. The van der Waals surface area contributed by atoms with Crippen molar-refractivity contribution in [3.63, 3.8) is 0 Å². The van der Waals surface area contributed by atoms with Gasteiger partial charge in [0, 0.05) is 43.8 Å². The van der Waals surface area contributed by atoms with Crippen molar-refractivity contribution in [2.24, 2.45) is 17.4 Å². The topological polar surface area (TPSA) is 168 Å². The van der Waals surface area contributed by atoms with Gasteiger partial charge in [0.2, 0.25) is 27.7 Å². The third-order valence-electron chi connectivity index (χ3n) is 8.13. The van der Waals surface area contributed by atoms with Crippen molar-refractivity contribution in [1.82, 2.24) is 19.8 Å². The van der Waals surface area contributed by atoms with Gasteiger partial charge in [0.25, 0.3) is 0 Å². The van der Waals surface area contributed by atoms with Gasteiger partial charge in [-0.1, -0.05) is 54.9 Å². The highest BCUT2D eigenvalue weighted by Gasteiger charge is 2.67. The van der Waals surface area contributed by atoms with Gasteiger partial charge in [0.15, 0.2) is 0 Å². The van der Waals surface area contributed by atoms with Gasteiger partial charge in [-0.15, -0.1) is 0 Å². The van der Waals surface area contributed by atoms with Crippen LogP contribution in [-0.4, -0.2) is 73.2 Å². The van der Waals surface area contributed by atoms with E-state index in [1.807, 2.05) is 6.92 Å². The molecule has 2 aromatic carbocycles. The number of carbonyl (C=O) groups excluding carboxylic acids is 3. The third-order valence-corrected chi connectivity index (χ3v) is 9.75. The maximum Gasteiger partial charge on any atom is 0.245 e. The largest absolute Gasteiger partial charge is 0.350 e. The van der Waals surface area contributed by atoms with Gasteiger partial charge >= 0.3 is 0 Å². The molecule has 2 aromatic rings. The van der Waals surface area contributed by atoms with Gasteiger partial charge in [-0.05, 0) is 55.0 Å². The number of halogens is 1. The number of hydrogen-bond donors (Lipinski definition) is 4. The van der Waals surface area contributed by atoms with Crippen LogP contribution in [0.5, 0.6) is 0 Å². The average molecular weight is 633 g/mol. The smallest absolute Gasteiger partial charge is 0.245 e. The third kappa shape index (κ3) is 7.74. The molecular weight excluding hydrogens is 592 g/mol. The molecule has 3 amide bonds. The van der Waals surface area contributed by atoms with E-state index in [-0.39, 0.29) is 43.8 Å². The SMILES string of the molecule is CCCN(C(=O)C1(NS(=O)(=O)Cc2ccccc2)C[C@@H]1C(=O)N1CC[C@H](N)C1)[C@@H](C)C(=O)NCc1cc(Cl)ccc1CN. The van der Waals surface area contributed by atoms with E-state index in [1.165, 1.54) is 4.90 Å². The summed E-state index contributed by atoms with van der Waals surface area (Å²) in [6.07, 6.45) is 1.15. The average Bonchev–Trinajstić information content (AvgIpc) is 3.52. The number of nitrogens with one attached hydrogen (secondary N) is 2. The van der Waals surface area contributed by atoms with Crippen LogP contribution in [0, 0.1) is 5.92 Å². The maximum atomic E-state index is 14.3. The number of nitrogens with zero attached hydrogens (tertiary/aromatic N) is 2. The Morgan fingerprint density at radius 1 is 1.16 bits per heavy atom. The van der Waals surface area contributed by atoms with Gasteiger partial charge < -0.3 is 26.6 Å². The van der Waals surface area contributed by atoms with Crippen LogP contribution in [0.15, 0.2) is 48.5 Å². The van der Waals surface area contributed by atoms with Gasteiger partial charge in [-0.25, -0.2) is 8.42 Å². The first kappa shape index (κ1) is 32.9. The predicted molar refractivity (Wildman–Crippen MR) is 165 cm³/mol. The normalized spacial score (nSPS) is 22.2. The maximum absolute atomic E-state index is 14.3. The second-order valence-electron chi connectivity index (χ2n) is 11.4. The van der Waals surface area contributed by atoms with Gasteiger partial charge in [-0.2, -0.15) is 4.72 Å². The molecule has 2 aliphatic rings. The summed E-state index contributed by atoms with van der Waals surface area (Å²) in [5.41, 5.74) is 12.3. The van der Waals surface area contributed by atoms with Crippen LogP contribution in [0.2, 0.25) is 5.02 Å².